The van der Waals surface area contributed by atoms with E-state index < -0.39 is 0 Å². The first kappa shape index (κ1) is 12.2. The molecular weight excluding hydrogens is 162 g/mol. The van der Waals surface area contributed by atoms with Crippen molar-refractivity contribution in [3.05, 3.63) is 17.0 Å². The number of nitrogens with one attached hydrogen (secondary N) is 2. The minimum Gasteiger partial charge on any atom is -0.319 e. The molecule has 1 aromatic rings. The fraction of sp³-hybridized carbons (Fsp3) is 0.700. The lowest BCUT2D eigenvalue weighted by atomic mass is 10.1. The zero-order valence-electron chi connectivity index (χ0n) is 9.36. The van der Waals surface area contributed by atoms with E-state index in [9.17, 15) is 0 Å². The molecule has 3 nitrogen and oxygen atoms in total. The second kappa shape index (κ2) is 6.66. The fourth-order valence-electron chi connectivity index (χ4n) is 1.19. The number of hydrogen-bond acceptors (Lipinski definition) is 2. The van der Waals surface area contributed by atoms with Crippen LogP contribution in [0.25, 0.3) is 0 Å². The van der Waals surface area contributed by atoms with Crippen molar-refractivity contribution in [2.75, 3.05) is 13.6 Å². The van der Waals surface area contributed by atoms with E-state index in [0.717, 1.165) is 18.7 Å². The third-order valence-corrected chi connectivity index (χ3v) is 1.91. The lowest BCUT2D eigenvalue weighted by Gasteiger charge is -1.98. The van der Waals surface area contributed by atoms with E-state index >= 15 is 0 Å². The van der Waals surface area contributed by atoms with Crippen molar-refractivity contribution < 1.29 is 0 Å². The van der Waals surface area contributed by atoms with Crippen LogP contribution in [0, 0.1) is 13.8 Å². The molecule has 0 aromatic carbocycles. The van der Waals surface area contributed by atoms with Crippen LogP contribution in [0.5, 0.6) is 0 Å². The summed E-state index contributed by atoms with van der Waals surface area (Å²) in [5, 5.41) is 10.2. The van der Waals surface area contributed by atoms with Gasteiger partial charge in [0.2, 0.25) is 0 Å². The fourth-order valence-corrected chi connectivity index (χ4v) is 1.19. The van der Waals surface area contributed by atoms with E-state index in [1.807, 2.05) is 27.8 Å². The molecule has 0 unspecified atom stereocenters. The second-order valence-electron chi connectivity index (χ2n) is 2.77. The van der Waals surface area contributed by atoms with Crippen molar-refractivity contribution in [3.63, 3.8) is 0 Å². The first-order valence-corrected chi connectivity index (χ1v) is 4.90. The lowest BCUT2D eigenvalue weighted by molar-refractivity contribution is 0.786. The molecule has 0 bridgehead atoms. The summed E-state index contributed by atoms with van der Waals surface area (Å²) in [6.07, 6.45) is 1.06. The molecule has 1 aromatic heterocycles. The van der Waals surface area contributed by atoms with Gasteiger partial charge in [-0.1, -0.05) is 13.8 Å². The van der Waals surface area contributed by atoms with E-state index in [2.05, 4.69) is 22.4 Å². The van der Waals surface area contributed by atoms with Gasteiger partial charge in [-0.05, 0) is 39.4 Å². The summed E-state index contributed by atoms with van der Waals surface area (Å²) in [6.45, 7) is 9.11. The number of H-pyrrole nitrogens is 1. The Morgan fingerprint density at radius 1 is 1.31 bits per heavy atom. The summed E-state index contributed by atoms with van der Waals surface area (Å²) in [6, 6.07) is 0. The van der Waals surface area contributed by atoms with Gasteiger partial charge in [0.15, 0.2) is 0 Å². The van der Waals surface area contributed by atoms with E-state index in [1.54, 1.807) is 0 Å². The Morgan fingerprint density at radius 3 is 2.31 bits per heavy atom. The van der Waals surface area contributed by atoms with Crippen LogP contribution < -0.4 is 5.32 Å². The van der Waals surface area contributed by atoms with E-state index in [0.29, 0.717) is 0 Å². The Morgan fingerprint density at radius 2 is 1.92 bits per heavy atom. The van der Waals surface area contributed by atoms with E-state index in [1.165, 1.54) is 11.3 Å². The molecule has 0 amide bonds. The van der Waals surface area contributed by atoms with Gasteiger partial charge in [-0.15, -0.1) is 0 Å². The van der Waals surface area contributed by atoms with Crippen LogP contribution in [-0.4, -0.2) is 23.8 Å². The summed E-state index contributed by atoms with van der Waals surface area (Å²) < 4.78 is 0. The van der Waals surface area contributed by atoms with Gasteiger partial charge in [0.25, 0.3) is 0 Å². The van der Waals surface area contributed by atoms with Crippen molar-refractivity contribution in [2.24, 2.45) is 0 Å². The maximum atomic E-state index is 4.12. The topological polar surface area (TPSA) is 40.7 Å². The zero-order valence-corrected chi connectivity index (χ0v) is 9.36. The van der Waals surface area contributed by atoms with Gasteiger partial charge in [0, 0.05) is 5.69 Å². The van der Waals surface area contributed by atoms with Crippen LogP contribution in [0.15, 0.2) is 0 Å². The Bertz CT molecular complexity index is 209. The molecule has 2 N–H and O–H groups in total. The molecule has 0 radical (unpaired) electrons. The maximum Gasteiger partial charge on any atom is 0.0626 e. The normalized spacial score (nSPS) is 9.31. The smallest absolute Gasteiger partial charge is 0.0626 e. The predicted octanol–water partition coefficient (Wildman–Crippen LogP) is 1.81. The number of hydrogen-bond donors (Lipinski definition) is 2. The van der Waals surface area contributed by atoms with Crippen molar-refractivity contribution >= 4 is 0 Å². The van der Waals surface area contributed by atoms with Crippen LogP contribution in [0.2, 0.25) is 0 Å². The molecule has 0 aliphatic carbocycles. The summed E-state index contributed by atoms with van der Waals surface area (Å²) in [7, 11) is 1.96. The molecular formula is C10H21N3. The summed E-state index contributed by atoms with van der Waals surface area (Å²) in [5.41, 5.74) is 3.66. The van der Waals surface area contributed by atoms with Gasteiger partial charge in [0.05, 0.1) is 5.69 Å². The molecule has 76 valence electrons. The van der Waals surface area contributed by atoms with Gasteiger partial charge in [-0.3, -0.25) is 5.10 Å². The van der Waals surface area contributed by atoms with Crippen molar-refractivity contribution in [1.29, 1.82) is 0 Å². The number of aromatic nitrogens is 2. The molecule has 1 heterocycles. The minimum absolute atomic E-state index is 1.02. The average Bonchev–Trinajstić information content (AvgIpc) is 2.47. The Kier molecular flexibility index (Phi) is 6.24. The highest BCUT2D eigenvalue weighted by atomic mass is 15.1. The standard InChI is InChI=1S/C8H15N3.C2H6/c1-6-8(4-5-9-3)7(2)11-10-6;1-2/h9H,4-5H2,1-3H3,(H,10,11);1-2H3. The molecule has 0 atom stereocenters. The summed E-state index contributed by atoms with van der Waals surface area (Å²) in [4.78, 5) is 0. The summed E-state index contributed by atoms with van der Waals surface area (Å²) >= 11 is 0. The maximum absolute atomic E-state index is 4.12. The molecule has 3 heteroatoms. The second-order valence-corrected chi connectivity index (χ2v) is 2.77. The van der Waals surface area contributed by atoms with Crippen molar-refractivity contribution in [1.82, 2.24) is 15.5 Å². The summed E-state index contributed by atoms with van der Waals surface area (Å²) in [5.74, 6) is 0. The molecule has 0 aliphatic rings. The zero-order chi connectivity index (χ0) is 10.3. The number of nitrogens with zero attached hydrogens (tertiary/aromatic N) is 1. The monoisotopic (exact) mass is 183 g/mol. The van der Waals surface area contributed by atoms with Crippen LogP contribution in [0.1, 0.15) is 30.8 Å². The minimum atomic E-state index is 1.02. The van der Waals surface area contributed by atoms with E-state index in [4.69, 9.17) is 0 Å². The molecule has 0 saturated carbocycles. The molecule has 0 aliphatic heterocycles. The predicted molar refractivity (Wildman–Crippen MR) is 57.0 cm³/mol. The van der Waals surface area contributed by atoms with Crippen molar-refractivity contribution in [2.45, 2.75) is 34.1 Å². The molecule has 0 spiro atoms. The number of aryl methyl sites for hydroxylation is 2. The van der Waals surface area contributed by atoms with Gasteiger partial charge >= 0.3 is 0 Å². The van der Waals surface area contributed by atoms with Crippen LogP contribution >= 0.6 is 0 Å². The van der Waals surface area contributed by atoms with Gasteiger partial charge in [0.1, 0.15) is 0 Å². The lowest BCUT2D eigenvalue weighted by Crippen LogP contribution is -2.11. The largest absolute Gasteiger partial charge is 0.319 e. The Labute approximate surface area is 80.9 Å². The number of likely N-dealkylation sites (N-methyl/N-ethyl adjacent to an activating group) is 1. The molecule has 0 fully saturated rings. The number of rotatable bonds is 3. The van der Waals surface area contributed by atoms with Gasteiger partial charge in [-0.2, -0.15) is 5.10 Å². The van der Waals surface area contributed by atoms with Crippen LogP contribution in [0.4, 0.5) is 0 Å². The SMILES string of the molecule is CC.CNCCc1c(C)n[nH]c1C. The van der Waals surface area contributed by atoms with Gasteiger partial charge in [-0.25, -0.2) is 0 Å². The third-order valence-electron chi connectivity index (χ3n) is 1.91. The first-order valence-electron chi connectivity index (χ1n) is 4.90. The van der Waals surface area contributed by atoms with Crippen LogP contribution in [0.3, 0.4) is 0 Å². The Balaban J connectivity index is 0.000000671. The third kappa shape index (κ3) is 3.59. The van der Waals surface area contributed by atoms with E-state index in [-0.39, 0.29) is 0 Å². The average molecular weight is 183 g/mol. The van der Waals surface area contributed by atoms with Crippen LogP contribution in [-0.2, 0) is 6.42 Å². The highest BCUT2D eigenvalue weighted by Gasteiger charge is 2.03. The highest BCUT2D eigenvalue weighted by Crippen LogP contribution is 2.08. The highest BCUT2D eigenvalue weighted by molar-refractivity contribution is 5.23. The Hall–Kier alpha value is -0.830. The van der Waals surface area contributed by atoms with Crippen molar-refractivity contribution in [3.8, 4) is 0 Å². The molecule has 0 saturated heterocycles. The first-order chi connectivity index (χ1) is 6.25. The molecule has 13 heavy (non-hydrogen) atoms. The quantitative estimate of drug-likeness (QED) is 0.750. The van der Waals surface area contributed by atoms with Gasteiger partial charge < -0.3 is 5.32 Å². The molecule has 1 rings (SSSR count). The number of aromatic amines is 1.